The molecule has 0 saturated carbocycles. The molecule has 15 heavy (non-hydrogen) atoms. The summed E-state index contributed by atoms with van der Waals surface area (Å²) in [7, 11) is 0. The summed E-state index contributed by atoms with van der Waals surface area (Å²) in [4.78, 5) is 0. The molecule has 3 rings (SSSR count). The highest BCUT2D eigenvalue weighted by Gasteiger charge is 2.22. The molecule has 1 nitrogen and oxygen atoms in total. The maximum Gasteiger partial charge on any atom is 0.138 e. The van der Waals surface area contributed by atoms with E-state index in [1.165, 1.54) is 22.3 Å². The summed E-state index contributed by atoms with van der Waals surface area (Å²) >= 11 is 0. The van der Waals surface area contributed by atoms with Crippen LogP contribution in [-0.2, 0) is 12.8 Å². The molecule has 0 unspecified atom stereocenters. The van der Waals surface area contributed by atoms with Crippen LogP contribution < -0.4 is 0 Å². The molecule has 1 heteroatoms. The molecule has 1 aliphatic carbocycles. The van der Waals surface area contributed by atoms with Gasteiger partial charge in [0.2, 0.25) is 0 Å². The molecular weight excluding hydrogens is 184 g/mol. The predicted molar refractivity (Wildman–Crippen MR) is 61.0 cm³/mol. The van der Waals surface area contributed by atoms with E-state index in [1.54, 1.807) is 0 Å². The highest BCUT2D eigenvalue weighted by molar-refractivity contribution is 5.69. The lowest BCUT2D eigenvalue weighted by Crippen LogP contribution is -2.02. The lowest BCUT2D eigenvalue weighted by Gasteiger charge is -2.14. The molecule has 0 aliphatic heterocycles. The van der Waals surface area contributed by atoms with E-state index >= 15 is 0 Å². The van der Waals surface area contributed by atoms with Crippen LogP contribution in [0.15, 0.2) is 28.7 Å². The van der Waals surface area contributed by atoms with Gasteiger partial charge in [-0.3, -0.25) is 0 Å². The molecule has 0 saturated heterocycles. The van der Waals surface area contributed by atoms with Gasteiger partial charge < -0.3 is 4.42 Å². The van der Waals surface area contributed by atoms with Crippen molar-refractivity contribution in [2.45, 2.75) is 26.7 Å². The van der Waals surface area contributed by atoms with Gasteiger partial charge in [0.1, 0.15) is 11.5 Å². The molecule has 2 aromatic rings. The second kappa shape index (κ2) is 2.99. The van der Waals surface area contributed by atoms with Crippen molar-refractivity contribution < 1.29 is 4.42 Å². The van der Waals surface area contributed by atoms with Gasteiger partial charge in [0.05, 0.1) is 0 Å². The van der Waals surface area contributed by atoms with Crippen LogP contribution >= 0.6 is 0 Å². The number of fused-ring (bicyclic) bond motifs is 3. The van der Waals surface area contributed by atoms with Gasteiger partial charge in [-0.25, -0.2) is 0 Å². The molecule has 0 amide bonds. The number of hydrogen-bond acceptors (Lipinski definition) is 1. The number of hydrogen-bond donors (Lipinski definition) is 0. The first-order valence-corrected chi connectivity index (χ1v) is 5.44. The summed E-state index contributed by atoms with van der Waals surface area (Å²) < 4.78 is 5.86. The fourth-order valence-electron chi connectivity index (χ4n) is 2.41. The van der Waals surface area contributed by atoms with Crippen LogP contribution in [0.25, 0.3) is 11.3 Å². The van der Waals surface area contributed by atoms with E-state index in [4.69, 9.17) is 4.42 Å². The van der Waals surface area contributed by atoms with E-state index in [9.17, 15) is 0 Å². The van der Waals surface area contributed by atoms with Crippen LogP contribution in [0.1, 0.15) is 22.5 Å². The number of benzene rings is 1. The molecule has 0 radical (unpaired) electrons. The Balaban J connectivity index is 2.30. The third-order valence-electron chi connectivity index (χ3n) is 3.42. The Hall–Kier alpha value is -1.50. The fraction of sp³-hybridized carbons (Fsp3) is 0.286. The Morgan fingerprint density at radius 2 is 1.87 bits per heavy atom. The first-order valence-electron chi connectivity index (χ1n) is 5.44. The topological polar surface area (TPSA) is 13.1 Å². The summed E-state index contributed by atoms with van der Waals surface area (Å²) in [6, 6.07) is 8.55. The highest BCUT2D eigenvalue weighted by atomic mass is 16.3. The summed E-state index contributed by atoms with van der Waals surface area (Å²) in [6.45, 7) is 4.21. The first-order chi connectivity index (χ1) is 7.27. The minimum atomic E-state index is 1.07. The Bertz CT molecular complexity index is 520. The van der Waals surface area contributed by atoms with Crippen molar-refractivity contribution in [1.29, 1.82) is 0 Å². The second-order valence-corrected chi connectivity index (χ2v) is 4.25. The molecular formula is C14H14O. The molecule has 0 spiro atoms. The smallest absolute Gasteiger partial charge is 0.138 e. The standard InChI is InChI=1S/C14H14O/c1-9-10(2)15-14-12(9)8-7-11-5-3-4-6-13(11)14/h3-6H,7-8H2,1-2H3. The Kier molecular flexibility index (Phi) is 1.75. The van der Waals surface area contributed by atoms with Gasteiger partial charge in [0.15, 0.2) is 0 Å². The van der Waals surface area contributed by atoms with Gasteiger partial charge >= 0.3 is 0 Å². The Morgan fingerprint density at radius 1 is 1.07 bits per heavy atom. The molecule has 0 N–H and O–H groups in total. The minimum Gasteiger partial charge on any atom is -0.461 e. The third-order valence-corrected chi connectivity index (χ3v) is 3.42. The van der Waals surface area contributed by atoms with Crippen molar-refractivity contribution in [2.24, 2.45) is 0 Å². The fourth-order valence-corrected chi connectivity index (χ4v) is 2.41. The zero-order valence-electron chi connectivity index (χ0n) is 9.13. The van der Waals surface area contributed by atoms with Gasteiger partial charge in [-0.1, -0.05) is 24.3 Å². The highest BCUT2D eigenvalue weighted by Crippen LogP contribution is 2.37. The van der Waals surface area contributed by atoms with Crippen molar-refractivity contribution in [3.8, 4) is 11.3 Å². The minimum absolute atomic E-state index is 1.07. The summed E-state index contributed by atoms with van der Waals surface area (Å²) in [5, 5.41) is 0. The van der Waals surface area contributed by atoms with Crippen LogP contribution in [0.2, 0.25) is 0 Å². The Morgan fingerprint density at radius 3 is 2.73 bits per heavy atom. The maximum absolute atomic E-state index is 5.86. The average molecular weight is 198 g/mol. The van der Waals surface area contributed by atoms with Crippen molar-refractivity contribution in [3.63, 3.8) is 0 Å². The van der Waals surface area contributed by atoms with Crippen LogP contribution in [0, 0.1) is 13.8 Å². The number of rotatable bonds is 0. The maximum atomic E-state index is 5.86. The van der Waals surface area contributed by atoms with E-state index < -0.39 is 0 Å². The molecule has 0 fully saturated rings. The van der Waals surface area contributed by atoms with E-state index in [0.29, 0.717) is 0 Å². The molecule has 1 aromatic carbocycles. The van der Waals surface area contributed by atoms with E-state index in [2.05, 4.69) is 38.1 Å². The molecule has 1 aliphatic rings. The van der Waals surface area contributed by atoms with Crippen LogP contribution in [0.5, 0.6) is 0 Å². The second-order valence-electron chi connectivity index (χ2n) is 4.25. The van der Waals surface area contributed by atoms with Crippen molar-refractivity contribution in [3.05, 3.63) is 46.7 Å². The van der Waals surface area contributed by atoms with Gasteiger partial charge in [-0.15, -0.1) is 0 Å². The molecule has 0 atom stereocenters. The first kappa shape index (κ1) is 8.78. The third kappa shape index (κ3) is 1.16. The average Bonchev–Trinajstić information content (AvgIpc) is 2.56. The molecule has 1 heterocycles. The monoisotopic (exact) mass is 198 g/mol. The Labute approximate surface area is 89.7 Å². The predicted octanol–water partition coefficient (Wildman–Crippen LogP) is 3.66. The largest absolute Gasteiger partial charge is 0.461 e. The van der Waals surface area contributed by atoms with Gasteiger partial charge in [0.25, 0.3) is 0 Å². The van der Waals surface area contributed by atoms with Crippen molar-refractivity contribution in [1.82, 2.24) is 0 Å². The summed E-state index contributed by atoms with van der Waals surface area (Å²) in [5.74, 6) is 2.17. The molecule has 76 valence electrons. The van der Waals surface area contributed by atoms with Gasteiger partial charge in [-0.05, 0) is 37.8 Å². The lowest BCUT2D eigenvalue weighted by atomic mass is 9.89. The van der Waals surface area contributed by atoms with Crippen molar-refractivity contribution >= 4 is 0 Å². The van der Waals surface area contributed by atoms with Gasteiger partial charge in [0, 0.05) is 11.1 Å². The molecule has 1 aromatic heterocycles. The zero-order valence-corrected chi connectivity index (χ0v) is 9.13. The van der Waals surface area contributed by atoms with Crippen LogP contribution in [0.3, 0.4) is 0 Å². The number of aryl methyl sites for hydroxylation is 2. The molecule has 0 bridgehead atoms. The summed E-state index contributed by atoms with van der Waals surface area (Å²) in [6.07, 6.45) is 2.26. The van der Waals surface area contributed by atoms with E-state index in [0.717, 1.165) is 24.4 Å². The van der Waals surface area contributed by atoms with Crippen molar-refractivity contribution in [2.75, 3.05) is 0 Å². The van der Waals surface area contributed by atoms with Crippen LogP contribution in [0.4, 0.5) is 0 Å². The SMILES string of the molecule is Cc1oc2c(c1C)CCc1ccccc1-2. The summed E-state index contributed by atoms with van der Waals surface area (Å²) in [5.41, 5.74) is 5.44. The van der Waals surface area contributed by atoms with E-state index in [-0.39, 0.29) is 0 Å². The number of furan rings is 1. The normalized spacial score (nSPS) is 13.5. The lowest BCUT2D eigenvalue weighted by molar-refractivity contribution is 0.541. The zero-order chi connectivity index (χ0) is 10.4. The van der Waals surface area contributed by atoms with Crippen LogP contribution in [-0.4, -0.2) is 0 Å². The van der Waals surface area contributed by atoms with Gasteiger partial charge in [-0.2, -0.15) is 0 Å². The quantitative estimate of drug-likeness (QED) is 0.629. The van der Waals surface area contributed by atoms with E-state index in [1.807, 2.05) is 0 Å².